The fourth-order valence-corrected chi connectivity index (χ4v) is 3.43. The minimum absolute atomic E-state index is 0.714. The highest BCUT2D eigenvalue weighted by Gasteiger charge is 2.15. The van der Waals surface area contributed by atoms with Gasteiger partial charge >= 0.3 is 0 Å². The molecule has 1 nitrogen and oxygen atoms in total. The minimum Gasteiger partial charge on any atom is -0.455 e. The highest BCUT2D eigenvalue weighted by molar-refractivity contribution is 9.10. The smallest absolute Gasteiger partial charge is 0.144 e. The zero-order valence-corrected chi connectivity index (χ0v) is 13.3. The van der Waals surface area contributed by atoms with E-state index in [9.17, 15) is 0 Å². The summed E-state index contributed by atoms with van der Waals surface area (Å²) in [6, 6.07) is 20.0. The average molecular weight is 358 g/mol. The third-order valence-corrected chi connectivity index (χ3v) is 4.65. The van der Waals surface area contributed by atoms with Gasteiger partial charge in [0.25, 0.3) is 0 Å². The molecule has 21 heavy (non-hydrogen) atoms. The molecule has 4 aromatic rings. The van der Waals surface area contributed by atoms with Crippen molar-refractivity contribution in [2.45, 2.75) is 0 Å². The summed E-state index contributed by atoms with van der Waals surface area (Å²) in [6.07, 6.45) is 0. The van der Waals surface area contributed by atoms with Crippen molar-refractivity contribution in [3.63, 3.8) is 0 Å². The van der Waals surface area contributed by atoms with Gasteiger partial charge in [-0.3, -0.25) is 0 Å². The Bertz CT molecular complexity index is 971. The molecule has 0 spiro atoms. The van der Waals surface area contributed by atoms with Crippen LogP contribution < -0.4 is 0 Å². The lowest BCUT2D eigenvalue weighted by molar-refractivity contribution is 0.670. The van der Waals surface area contributed by atoms with Crippen molar-refractivity contribution in [2.75, 3.05) is 0 Å². The first-order valence-electron chi connectivity index (χ1n) is 6.60. The Balaban J connectivity index is 2.17. The molecule has 102 valence electrons. The molecule has 0 aliphatic carbocycles. The topological polar surface area (TPSA) is 13.1 Å². The lowest BCUT2D eigenvalue weighted by Gasteiger charge is -2.06. The number of furan rings is 1. The molecule has 3 heteroatoms. The summed E-state index contributed by atoms with van der Waals surface area (Å²) in [5, 5.41) is 2.73. The molecular weight excluding hydrogens is 348 g/mol. The van der Waals surface area contributed by atoms with E-state index >= 15 is 0 Å². The van der Waals surface area contributed by atoms with Crippen LogP contribution in [0.15, 0.2) is 69.6 Å². The summed E-state index contributed by atoms with van der Waals surface area (Å²) in [7, 11) is 0. The molecule has 0 unspecified atom stereocenters. The van der Waals surface area contributed by atoms with Crippen molar-refractivity contribution < 1.29 is 4.42 Å². The zero-order valence-electron chi connectivity index (χ0n) is 10.9. The maximum Gasteiger partial charge on any atom is 0.144 e. The summed E-state index contributed by atoms with van der Waals surface area (Å²) in [5.74, 6) is 0. The minimum atomic E-state index is 0.714. The van der Waals surface area contributed by atoms with E-state index in [0.717, 1.165) is 37.5 Å². The fourth-order valence-electron chi connectivity index (χ4n) is 2.68. The standard InChI is InChI=1S/C18H10BrClO/c19-14-7-3-1-5-11(14)12-9-10-15(20)17-13-6-2-4-8-16(13)21-18(12)17/h1-10H. The van der Waals surface area contributed by atoms with Crippen LogP contribution in [0, 0.1) is 0 Å². The Morgan fingerprint density at radius 3 is 2.43 bits per heavy atom. The SMILES string of the molecule is Clc1ccc(-c2ccccc2Br)c2oc3ccccc3c12. The maximum atomic E-state index is 6.40. The molecule has 0 bridgehead atoms. The molecule has 0 radical (unpaired) electrons. The number of fused-ring (bicyclic) bond motifs is 3. The summed E-state index contributed by atoms with van der Waals surface area (Å²) in [4.78, 5) is 0. The molecule has 0 saturated heterocycles. The van der Waals surface area contributed by atoms with Crippen LogP contribution in [0.2, 0.25) is 5.02 Å². The molecule has 0 saturated carbocycles. The van der Waals surface area contributed by atoms with Crippen molar-refractivity contribution in [1.29, 1.82) is 0 Å². The number of para-hydroxylation sites is 1. The molecule has 4 rings (SSSR count). The summed E-state index contributed by atoms with van der Waals surface area (Å²) in [5.41, 5.74) is 3.82. The van der Waals surface area contributed by atoms with Crippen LogP contribution in [0.5, 0.6) is 0 Å². The summed E-state index contributed by atoms with van der Waals surface area (Å²) >= 11 is 10.0. The van der Waals surface area contributed by atoms with Crippen LogP contribution in [0.3, 0.4) is 0 Å². The average Bonchev–Trinajstić information content (AvgIpc) is 2.89. The largest absolute Gasteiger partial charge is 0.455 e. The third kappa shape index (κ3) is 1.98. The van der Waals surface area contributed by atoms with E-state index in [4.69, 9.17) is 16.0 Å². The van der Waals surface area contributed by atoms with Crippen LogP contribution in [0.25, 0.3) is 33.1 Å². The van der Waals surface area contributed by atoms with Gasteiger partial charge in [0, 0.05) is 20.8 Å². The van der Waals surface area contributed by atoms with Crippen LogP contribution in [0.1, 0.15) is 0 Å². The molecule has 0 aliphatic heterocycles. The Kier molecular flexibility index (Phi) is 3.02. The van der Waals surface area contributed by atoms with Gasteiger partial charge in [-0.2, -0.15) is 0 Å². The summed E-state index contributed by atoms with van der Waals surface area (Å²) in [6.45, 7) is 0. The van der Waals surface area contributed by atoms with E-state index in [1.54, 1.807) is 0 Å². The first-order chi connectivity index (χ1) is 10.3. The van der Waals surface area contributed by atoms with E-state index in [0.29, 0.717) is 5.02 Å². The molecule has 0 fully saturated rings. The van der Waals surface area contributed by atoms with Gasteiger partial charge in [0.05, 0.1) is 5.02 Å². The zero-order chi connectivity index (χ0) is 14.4. The molecule has 0 N–H and O–H groups in total. The fraction of sp³-hybridized carbons (Fsp3) is 0. The first-order valence-corrected chi connectivity index (χ1v) is 7.77. The van der Waals surface area contributed by atoms with Gasteiger partial charge in [0.15, 0.2) is 0 Å². The van der Waals surface area contributed by atoms with Crippen molar-refractivity contribution in [2.24, 2.45) is 0 Å². The van der Waals surface area contributed by atoms with E-state index in [-0.39, 0.29) is 0 Å². The van der Waals surface area contributed by atoms with E-state index in [2.05, 4.69) is 22.0 Å². The van der Waals surface area contributed by atoms with Gasteiger partial charge in [-0.05, 0) is 29.8 Å². The van der Waals surface area contributed by atoms with Crippen molar-refractivity contribution in [3.8, 4) is 11.1 Å². The number of halogens is 2. The molecule has 3 aromatic carbocycles. The van der Waals surface area contributed by atoms with Crippen LogP contribution in [-0.4, -0.2) is 0 Å². The Hall–Kier alpha value is -1.77. The molecule has 1 aromatic heterocycles. The normalized spacial score (nSPS) is 11.3. The van der Waals surface area contributed by atoms with Gasteiger partial charge in [-0.15, -0.1) is 0 Å². The highest BCUT2D eigenvalue weighted by Crippen LogP contribution is 2.41. The Morgan fingerprint density at radius 1 is 0.810 bits per heavy atom. The number of hydrogen-bond acceptors (Lipinski definition) is 1. The predicted molar refractivity (Wildman–Crippen MR) is 91.9 cm³/mol. The van der Waals surface area contributed by atoms with Gasteiger partial charge < -0.3 is 4.42 Å². The quantitative estimate of drug-likeness (QED) is 0.371. The van der Waals surface area contributed by atoms with E-state index < -0.39 is 0 Å². The number of benzene rings is 3. The molecule has 1 heterocycles. The van der Waals surface area contributed by atoms with Crippen molar-refractivity contribution >= 4 is 49.5 Å². The monoisotopic (exact) mass is 356 g/mol. The van der Waals surface area contributed by atoms with Crippen molar-refractivity contribution in [1.82, 2.24) is 0 Å². The third-order valence-electron chi connectivity index (χ3n) is 3.64. The Morgan fingerprint density at radius 2 is 1.57 bits per heavy atom. The highest BCUT2D eigenvalue weighted by atomic mass is 79.9. The number of hydrogen-bond donors (Lipinski definition) is 0. The second-order valence-corrected chi connectivity index (χ2v) is 6.14. The van der Waals surface area contributed by atoms with Crippen LogP contribution >= 0.6 is 27.5 Å². The molecule has 0 atom stereocenters. The van der Waals surface area contributed by atoms with Gasteiger partial charge in [0.1, 0.15) is 11.2 Å². The molecule has 0 aliphatic rings. The summed E-state index contributed by atoms with van der Waals surface area (Å²) < 4.78 is 7.10. The molecule has 0 amide bonds. The van der Waals surface area contributed by atoms with Crippen molar-refractivity contribution in [3.05, 3.63) is 70.2 Å². The lowest BCUT2D eigenvalue weighted by atomic mass is 10.0. The second-order valence-electron chi connectivity index (χ2n) is 4.88. The van der Waals surface area contributed by atoms with E-state index in [1.807, 2.05) is 54.6 Å². The van der Waals surface area contributed by atoms with Gasteiger partial charge in [0.2, 0.25) is 0 Å². The van der Waals surface area contributed by atoms with Crippen LogP contribution in [0.4, 0.5) is 0 Å². The van der Waals surface area contributed by atoms with Gasteiger partial charge in [-0.25, -0.2) is 0 Å². The lowest BCUT2D eigenvalue weighted by Crippen LogP contribution is -1.81. The maximum absolute atomic E-state index is 6.40. The number of rotatable bonds is 1. The Labute approximate surface area is 135 Å². The van der Waals surface area contributed by atoms with Gasteiger partial charge in [-0.1, -0.05) is 63.9 Å². The van der Waals surface area contributed by atoms with Crippen LogP contribution in [-0.2, 0) is 0 Å². The van der Waals surface area contributed by atoms with E-state index in [1.165, 1.54) is 0 Å². The molecular formula is C18H10BrClO. The first kappa shape index (κ1) is 12.9. The predicted octanol–water partition coefficient (Wildman–Crippen LogP) is 6.67. The second kappa shape index (κ2) is 4.90.